The molecule has 3 aromatic carbocycles. The number of ether oxygens (including phenoxy) is 2. The Morgan fingerprint density at radius 2 is 1.85 bits per heavy atom. The molecule has 0 aliphatic carbocycles. The summed E-state index contributed by atoms with van der Waals surface area (Å²) >= 11 is 20.1. The van der Waals surface area contributed by atoms with Gasteiger partial charge < -0.3 is 9.47 Å². The lowest BCUT2D eigenvalue weighted by Crippen LogP contribution is -2.22. The summed E-state index contributed by atoms with van der Waals surface area (Å²) in [6.45, 7) is 2.49. The van der Waals surface area contributed by atoms with E-state index in [9.17, 15) is 4.79 Å². The number of halogens is 3. The molecule has 34 heavy (non-hydrogen) atoms. The fraction of sp³-hybridized carbons (Fsp3) is 0.120. The summed E-state index contributed by atoms with van der Waals surface area (Å²) in [6.07, 6.45) is 1.78. The van der Waals surface area contributed by atoms with E-state index in [0.29, 0.717) is 42.7 Å². The second-order valence-corrected chi connectivity index (χ2v) is 9.68. The van der Waals surface area contributed by atoms with Gasteiger partial charge in [0, 0.05) is 15.6 Å². The Morgan fingerprint density at radius 3 is 2.65 bits per heavy atom. The highest BCUT2D eigenvalue weighted by molar-refractivity contribution is 7.15. The van der Waals surface area contributed by atoms with Crippen LogP contribution in [0.2, 0.25) is 15.1 Å². The van der Waals surface area contributed by atoms with Crippen LogP contribution in [0, 0.1) is 0 Å². The van der Waals surface area contributed by atoms with Crippen molar-refractivity contribution in [3.05, 3.63) is 95.7 Å². The van der Waals surface area contributed by atoms with Gasteiger partial charge in [0.1, 0.15) is 6.61 Å². The van der Waals surface area contributed by atoms with E-state index in [2.05, 4.69) is 4.98 Å². The van der Waals surface area contributed by atoms with Gasteiger partial charge in [0.05, 0.1) is 27.2 Å². The van der Waals surface area contributed by atoms with Crippen molar-refractivity contribution in [2.75, 3.05) is 6.61 Å². The molecule has 172 valence electrons. The van der Waals surface area contributed by atoms with Crippen LogP contribution in [0.5, 0.6) is 11.5 Å². The number of thiazole rings is 1. The molecule has 0 amide bonds. The molecule has 0 unspecified atom stereocenters. The SMILES string of the molecule is CCOc1cc(/C=c2\sc3nc4ccccc4n3c2=O)cc(Cl)c1OCc1ccc(Cl)cc1Cl. The van der Waals surface area contributed by atoms with E-state index in [4.69, 9.17) is 44.3 Å². The van der Waals surface area contributed by atoms with Crippen molar-refractivity contribution in [2.45, 2.75) is 13.5 Å². The van der Waals surface area contributed by atoms with Gasteiger partial charge in [-0.1, -0.05) is 64.3 Å². The molecule has 0 radical (unpaired) electrons. The van der Waals surface area contributed by atoms with Crippen LogP contribution in [0.4, 0.5) is 0 Å². The van der Waals surface area contributed by atoms with Crippen molar-refractivity contribution in [3.63, 3.8) is 0 Å². The van der Waals surface area contributed by atoms with Crippen molar-refractivity contribution in [2.24, 2.45) is 0 Å². The zero-order valence-electron chi connectivity index (χ0n) is 17.8. The van der Waals surface area contributed by atoms with Crippen molar-refractivity contribution < 1.29 is 9.47 Å². The van der Waals surface area contributed by atoms with Crippen molar-refractivity contribution in [3.8, 4) is 11.5 Å². The molecule has 0 saturated carbocycles. The number of aromatic nitrogens is 2. The molecule has 0 spiro atoms. The van der Waals surface area contributed by atoms with Crippen LogP contribution < -0.4 is 19.6 Å². The lowest BCUT2D eigenvalue weighted by atomic mass is 10.2. The first-order valence-corrected chi connectivity index (χ1v) is 12.3. The molecule has 0 bridgehead atoms. The van der Waals surface area contributed by atoms with Crippen LogP contribution in [-0.4, -0.2) is 16.0 Å². The van der Waals surface area contributed by atoms with Gasteiger partial charge in [-0.25, -0.2) is 9.38 Å². The predicted octanol–water partition coefficient (Wildman–Crippen LogP) is 6.39. The third-order valence-corrected chi connectivity index (χ3v) is 7.00. The summed E-state index contributed by atoms with van der Waals surface area (Å²) in [4.78, 5) is 18.3. The number of fused-ring (bicyclic) bond motifs is 3. The minimum absolute atomic E-state index is 0.125. The molecule has 2 aromatic heterocycles. The van der Waals surface area contributed by atoms with E-state index in [1.807, 2.05) is 31.2 Å². The van der Waals surface area contributed by atoms with E-state index in [-0.39, 0.29) is 12.2 Å². The summed E-state index contributed by atoms with van der Waals surface area (Å²) in [5.74, 6) is 0.881. The lowest BCUT2D eigenvalue weighted by molar-refractivity contribution is 0.269. The largest absolute Gasteiger partial charge is 0.490 e. The van der Waals surface area contributed by atoms with Gasteiger partial charge in [0.2, 0.25) is 0 Å². The predicted molar refractivity (Wildman–Crippen MR) is 139 cm³/mol. The minimum atomic E-state index is -0.125. The van der Waals surface area contributed by atoms with Crippen LogP contribution >= 0.6 is 46.1 Å². The molecule has 0 atom stereocenters. The highest BCUT2D eigenvalue weighted by Gasteiger charge is 2.15. The molecule has 0 N–H and O–H groups in total. The standard InChI is InChI=1S/C25H17Cl3N2O3S/c1-2-32-21-10-14(9-18(28)23(21)33-13-15-7-8-16(26)12-17(15)27)11-22-24(31)30-20-6-4-3-5-19(20)29-25(30)34-22/h3-12H,2,13H2,1H3/b22-11-. The van der Waals surface area contributed by atoms with Crippen LogP contribution in [0.3, 0.4) is 0 Å². The number of para-hydroxylation sites is 2. The number of hydrogen-bond donors (Lipinski definition) is 0. The third kappa shape index (κ3) is 4.34. The molecule has 2 heterocycles. The summed E-state index contributed by atoms with van der Waals surface area (Å²) in [5, 5.41) is 1.42. The molecular weight excluding hydrogens is 515 g/mol. The van der Waals surface area contributed by atoms with Gasteiger partial charge in [0.25, 0.3) is 5.56 Å². The van der Waals surface area contributed by atoms with Crippen molar-refractivity contribution in [1.29, 1.82) is 0 Å². The summed E-state index contributed by atoms with van der Waals surface area (Å²) in [6, 6.07) is 16.3. The molecule has 5 rings (SSSR count). The highest BCUT2D eigenvalue weighted by Crippen LogP contribution is 2.38. The Morgan fingerprint density at radius 1 is 1.03 bits per heavy atom. The van der Waals surface area contributed by atoms with Crippen molar-refractivity contribution in [1.82, 2.24) is 9.38 Å². The van der Waals surface area contributed by atoms with E-state index in [1.54, 1.807) is 40.8 Å². The van der Waals surface area contributed by atoms with Crippen LogP contribution in [0.15, 0.2) is 59.4 Å². The second-order valence-electron chi connectivity index (χ2n) is 7.42. The van der Waals surface area contributed by atoms with Gasteiger partial charge in [-0.3, -0.25) is 4.79 Å². The van der Waals surface area contributed by atoms with Gasteiger partial charge in [-0.15, -0.1) is 0 Å². The topological polar surface area (TPSA) is 52.8 Å². The second kappa shape index (κ2) is 9.47. The first-order valence-electron chi connectivity index (χ1n) is 10.4. The fourth-order valence-electron chi connectivity index (χ4n) is 3.63. The minimum Gasteiger partial charge on any atom is -0.490 e. The third-order valence-electron chi connectivity index (χ3n) is 5.16. The van der Waals surface area contributed by atoms with Gasteiger partial charge >= 0.3 is 0 Å². The Bertz CT molecular complexity index is 1650. The summed E-state index contributed by atoms with van der Waals surface area (Å²) in [7, 11) is 0. The van der Waals surface area contributed by atoms with Crippen LogP contribution in [0.25, 0.3) is 22.1 Å². The van der Waals surface area contributed by atoms with Crippen molar-refractivity contribution >= 4 is 68.2 Å². The number of hydrogen-bond acceptors (Lipinski definition) is 5. The summed E-state index contributed by atoms with van der Waals surface area (Å²) in [5.41, 5.74) is 2.94. The molecule has 5 nitrogen and oxygen atoms in total. The molecule has 0 saturated heterocycles. The maximum atomic E-state index is 13.1. The number of nitrogens with zero attached hydrogens (tertiary/aromatic N) is 2. The molecular formula is C25H17Cl3N2O3S. The maximum absolute atomic E-state index is 13.1. The maximum Gasteiger partial charge on any atom is 0.274 e. The Labute approximate surface area is 213 Å². The number of imidazole rings is 1. The first kappa shape index (κ1) is 23.0. The smallest absolute Gasteiger partial charge is 0.274 e. The van der Waals surface area contributed by atoms with Gasteiger partial charge in [-0.05, 0) is 55.0 Å². The van der Waals surface area contributed by atoms with Crippen LogP contribution in [-0.2, 0) is 6.61 Å². The van der Waals surface area contributed by atoms with E-state index in [1.165, 1.54) is 11.3 Å². The molecule has 0 fully saturated rings. The zero-order valence-corrected chi connectivity index (χ0v) is 20.9. The Balaban J connectivity index is 1.52. The Kier molecular flexibility index (Phi) is 6.40. The zero-order chi connectivity index (χ0) is 23.8. The monoisotopic (exact) mass is 530 g/mol. The summed E-state index contributed by atoms with van der Waals surface area (Å²) < 4.78 is 13.9. The molecule has 5 aromatic rings. The fourth-order valence-corrected chi connectivity index (χ4v) is 5.35. The quantitative estimate of drug-likeness (QED) is 0.255. The van der Waals surface area contributed by atoms with Gasteiger partial charge in [-0.2, -0.15) is 0 Å². The number of rotatable bonds is 6. The van der Waals surface area contributed by atoms with Crippen LogP contribution in [0.1, 0.15) is 18.1 Å². The molecule has 9 heteroatoms. The van der Waals surface area contributed by atoms with E-state index >= 15 is 0 Å². The Hall–Kier alpha value is -2.77. The van der Waals surface area contributed by atoms with E-state index in [0.717, 1.165) is 22.2 Å². The van der Waals surface area contributed by atoms with E-state index < -0.39 is 0 Å². The average Bonchev–Trinajstić information content (AvgIpc) is 3.30. The average molecular weight is 532 g/mol. The normalized spacial score (nSPS) is 12.1. The molecule has 0 aliphatic heterocycles. The first-order chi connectivity index (χ1) is 16.4. The highest BCUT2D eigenvalue weighted by atomic mass is 35.5. The van der Waals surface area contributed by atoms with Gasteiger partial charge in [0.15, 0.2) is 16.5 Å². The molecule has 0 aliphatic rings. The number of benzene rings is 3. The lowest BCUT2D eigenvalue weighted by Gasteiger charge is -2.15.